The molecule has 0 radical (unpaired) electrons. The van der Waals surface area contributed by atoms with E-state index in [0.717, 1.165) is 6.42 Å². The molecule has 0 aliphatic carbocycles. The molecular formula is C19H19NO6S. The maximum Gasteiger partial charge on any atom is 0.336 e. The van der Waals surface area contributed by atoms with E-state index in [2.05, 4.69) is 0 Å². The second kappa shape index (κ2) is 6.60. The molecule has 27 heavy (non-hydrogen) atoms. The summed E-state index contributed by atoms with van der Waals surface area (Å²) in [7, 11) is 1.53. The van der Waals surface area contributed by atoms with Crippen molar-refractivity contribution < 1.29 is 23.5 Å². The molecule has 1 aromatic carbocycles. The lowest BCUT2D eigenvalue weighted by Gasteiger charge is -2.29. The van der Waals surface area contributed by atoms with Gasteiger partial charge >= 0.3 is 11.6 Å². The molecule has 1 amide bonds. The molecule has 142 valence electrons. The van der Waals surface area contributed by atoms with Gasteiger partial charge in [-0.25, -0.2) is 9.59 Å². The van der Waals surface area contributed by atoms with Crippen LogP contribution in [0.2, 0.25) is 0 Å². The fraction of sp³-hybridized carbons (Fsp3) is 0.421. The molecule has 2 fully saturated rings. The summed E-state index contributed by atoms with van der Waals surface area (Å²) in [6.07, 6.45) is 1.20. The van der Waals surface area contributed by atoms with Crippen molar-refractivity contribution in [1.29, 1.82) is 0 Å². The Morgan fingerprint density at radius 2 is 2.19 bits per heavy atom. The van der Waals surface area contributed by atoms with E-state index in [1.165, 1.54) is 13.2 Å². The second-order valence-electron chi connectivity index (χ2n) is 6.83. The van der Waals surface area contributed by atoms with Gasteiger partial charge in [0.2, 0.25) is 5.91 Å². The molecule has 3 heterocycles. The number of ether oxygens (including phenoxy) is 2. The lowest BCUT2D eigenvalue weighted by molar-refractivity contribution is -0.154. The van der Waals surface area contributed by atoms with Crippen LogP contribution in [-0.2, 0) is 20.9 Å². The minimum absolute atomic E-state index is 0.0117. The van der Waals surface area contributed by atoms with Gasteiger partial charge in [-0.3, -0.25) is 4.79 Å². The highest BCUT2D eigenvalue weighted by atomic mass is 32.2. The highest BCUT2D eigenvalue weighted by molar-refractivity contribution is 8.01. The number of fused-ring (bicyclic) bond motifs is 2. The first kappa shape index (κ1) is 17.9. The highest BCUT2D eigenvalue weighted by Gasteiger charge is 2.53. The van der Waals surface area contributed by atoms with Crippen molar-refractivity contribution in [3.05, 3.63) is 40.2 Å². The number of amides is 1. The van der Waals surface area contributed by atoms with E-state index in [1.807, 2.05) is 6.92 Å². The minimum atomic E-state index is -0.582. The fourth-order valence-electron chi connectivity index (χ4n) is 3.70. The number of hydrogen-bond acceptors (Lipinski definition) is 7. The SMILES string of the molecule is COc1ccc2c(COC(=O)[C@@H]3CS[C@]4(C)CCC(=O)N34)cc(=O)oc2c1. The van der Waals surface area contributed by atoms with E-state index in [9.17, 15) is 14.4 Å². The molecule has 0 spiro atoms. The molecule has 2 atom stereocenters. The zero-order valence-corrected chi connectivity index (χ0v) is 15.8. The molecule has 2 saturated heterocycles. The van der Waals surface area contributed by atoms with Crippen LogP contribution in [0.25, 0.3) is 11.0 Å². The zero-order valence-electron chi connectivity index (χ0n) is 15.0. The van der Waals surface area contributed by atoms with Gasteiger partial charge in [0.05, 0.1) is 12.0 Å². The molecular weight excluding hydrogens is 370 g/mol. The number of thioether (sulfide) groups is 1. The van der Waals surface area contributed by atoms with Gasteiger partial charge in [-0.05, 0) is 25.5 Å². The Labute approximate surface area is 159 Å². The molecule has 2 aliphatic rings. The van der Waals surface area contributed by atoms with Crippen LogP contribution in [-0.4, -0.2) is 40.6 Å². The standard InChI is InChI=1S/C19H19NO6S/c1-19-6-5-16(21)20(19)14(10-27-19)18(23)25-9-11-7-17(22)26-15-8-12(24-2)3-4-13(11)15/h3-4,7-8,14H,5-6,9-10H2,1-2H3/t14-,19+/m0/s1. The van der Waals surface area contributed by atoms with Crippen molar-refractivity contribution in [2.45, 2.75) is 37.3 Å². The van der Waals surface area contributed by atoms with E-state index in [1.54, 1.807) is 34.9 Å². The van der Waals surface area contributed by atoms with Gasteiger partial charge in [0, 0.05) is 35.3 Å². The van der Waals surface area contributed by atoms with Gasteiger partial charge in [-0.15, -0.1) is 11.8 Å². The third-order valence-electron chi connectivity index (χ3n) is 5.12. The van der Waals surface area contributed by atoms with Crippen molar-refractivity contribution in [3.63, 3.8) is 0 Å². The van der Waals surface area contributed by atoms with Crippen LogP contribution in [0, 0.1) is 0 Å². The lowest BCUT2D eigenvalue weighted by atomic mass is 10.1. The van der Waals surface area contributed by atoms with Gasteiger partial charge in [0.15, 0.2) is 0 Å². The lowest BCUT2D eigenvalue weighted by Crippen LogP contribution is -2.46. The maximum absolute atomic E-state index is 12.6. The molecule has 2 aromatic rings. The van der Waals surface area contributed by atoms with Crippen LogP contribution in [0.5, 0.6) is 5.75 Å². The summed E-state index contributed by atoms with van der Waals surface area (Å²) >= 11 is 1.61. The largest absolute Gasteiger partial charge is 0.497 e. The average molecular weight is 389 g/mol. The van der Waals surface area contributed by atoms with Gasteiger partial charge in [0.1, 0.15) is 24.0 Å². The van der Waals surface area contributed by atoms with Crippen LogP contribution >= 0.6 is 11.8 Å². The molecule has 2 aliphatic heterocycles. The number of hydrogen-bond donors (Lipinski definition) is 0. The molecule has 8 heteroatoms. The maximum atomic E-state index is 12.6. The van der Waals surface area contributed by atoms with Crippen molar-refractivity contribution in [3.8, 4) is 5.75 Å². The van der Waals surface area contributed by atoms with E-state index < -0.39 is 17.6 Å². The molecule has 0 bridgehead atoms. The van der Waals surface area contributed by atoms with Crippen LogP contribution in [0.15, 0.2) is 33.5 Å². The van der Waals surface area contributed by atoms with E-state index >= 15 is 0 Å². The van der Waals surface area contributed by atoms with Crippen LogP contribution in [0.1, 0.15) is 25.3 Å². The Morgan fingerprint density at radius 1 is 1.37 bits per heavy atom. The van der Waals surface area contributed by atoms with Crippen molar-refractivity contribution in [2.24, 2.45) is 0 Å². The van der Waals surface area contributed by atoms with Crippen LogP contribution < -0.4 is 10.4 Å². The van der Waals surface area contributed by atoms with E-state index in [-0.39, 0.29) is 17.4 Å². The number of nitrogens with zero attached hydrogens (tertiary/aromatic N) is 1. The Bertz CT molecular complexity index is 986. The Hall–Kier alpha value is -2.48. The molecule has 1 aromatic heterocycles. The van der Waals surface area contributed by atoms with Crippen molar-refractivity contribution in [1.82, 2.24) is 4.90 Å². The molecule has 0 N–H and O–H groups in total. The summed E-state index contributed by atoms with van der Waals surface area (Å²) in [5, 5.41) is 0.672. The third-order valence-corrected chi connectivity index (χ3v) is 6.63. The van der Waals surface area contributed by atoms with Crippen LogP contribution in [0.3, 0.4) is 0 Å². The van der Waals surface area contributed by atoms with Crippen molar-refractivity contribution >= 4 is 34.6 Å². The van der Waals surface area contributed by atoms with Gasteiger partial charge in [-0.2, -0.15) is 0 Å². The third kappa shape index (κ3) is 3.07. The molecule has 0 unspecified atom stereocenters. The van der Waals surface area contributed by atoms with Gasteiger partial charge in [-0.1, -0.05) is 0 Å². The summed E-state index contributed by atoms with van der Waals surface area (Å²) < 4.78 is 15.8. The first-order valence-corrected chi connectivity index (χ1v) is 9.63. The summed E-state index contributed by atoms with van der Waals surface area (Å²) in [5.74, 6) is 0.629. The summed E-state index contributed by atoms with van der Waals surface area (Å²) in [4.78, 5) is 38.0. The van der Waals surface area contributed by atoms with Crippen molar-refractivity contribution in [2.75, 3.05) is 12.9 Å². The Balaban J connectivity index is 1.54. The molecule has 4 rings (SSSR count). The summed E-state index contributed by atoms with van der Waals surface area (Å²) in [5.41, 5.74) is 0.394. The van der Waals surface area contributed by atoms with E-state index in [0.29, 0.717) is 34.5 Å². The number of carbonyl (C=O) groups excluding carboxylic acids is 2. The van der Waals surface area contributed by atoms with Gasteiger partial charge in [0.25, 0.3) is 0 Å². The highest BCUT2D eigenvalue weighted by Crippen LogP contribution is 2.47. The smallest absolute Gasteiger partial charge is 0.336 e. The number of benzene rings is 1. The minimum Gasteiger partial charge on any atom is -0.497 e. The quantitative estimate of drug-likeness (QED) is 0.586. The second-order valence-corrected chi connectivity index (χ2v) is 8.33. The summed E-state index contributed by atoms with van der Waals surface area (Å²) in [6.45, 7) is 1.92. The predicted octanol–water partition coefficient (Wildman–Crippen LogP) is 2.30. The molecule has 7 nitrogen and oxygen atoms in total. The first-order valence-electron chi connectivity index (χ1n) is 8.65. The fourth-order valence-corrected chi connectivity index (χ4v) is 5.11. The zero-order chi connectivity index (χ0) is 19.2. The normalized spacial score (nSPS) is 24.3. The number of carbonyl (C=O) groups is 2. The van der Waals surface area contributed by atoms with Gasteiger partial charge < -0.3 is 18.8 Å². The van der Waals surface area contributed by atoms with E-state index in [4.69, 9.17) is 13.9 Å². The Kier molecular flexibility index (Phi) is 4.38. The monoisotopic (exact) mass is 389 g/mol. The first-order chi connectivity index (χ1) is 12.9. The number of esters is 1. The number of rotatable bonds is 4. The topological polar surface area (TPSA) is 86.0 Å². The summed E-state index contributed by atoms with van der Waals surface area (Å²) in [6, 6.07) is 5.85. The predicted molar refractivity (Wildman–Crippen MR) is 99.6 cm³/mol. The average Bonchev–Trinajstić information content (AvgIpc) is 3.14. The van der Waals surface area contributed by atoms with Crippen LogP contribution in [0.4, 0.5) is 0 Å². The number of methoxy groups -OCH3 is 1. The molecule has 0 saturated carbocycles. The Morgan fingerprint density at radius 3 is 2.96 bits per heavy atom.